The van der Waals surface area contributed by atoms with E-state index in [-0.39, 0.29) is 24.0 Å². The standard InChI is InChI=1S/C15H12ClFN2O3/c16-10-2-3-12(11(17)6-10)19-15(20)18-7-9-1-4-13-14(5-9)22-8-21-13/h1-6H,7-8H2,(H2,18,19,20). The monoisotopic (exact) mass is 322 g/mol. The van der Waals surface area contributed by atoms with E-state index in [1.165, 1.54) is 12.1 Å². The highest BCUT2D eigenvalue weighted by Crippen LogP contribution is 2.32. The summed E-state index contributed by atoms with van der Waals surface area (Å²) in [5.74, 6) is 0.727. The predicted molar refractivity (Wildman–Crippen MR) is 79.8 cm³/mol. The van der Waals surface area contributed by atoms with Crippen molar-refractivity contribution >= 4 is 23.3 Å². The molecule has 0 bridgehead atoms. The number of anilines is 1. The van der Waals surface area contributed by atoms with Crippen molar-refractivity contribution in [3.63, 3.8) is 0 Å². The van der Waals surface area contributed by atoms with Gasteiger partial charge in [0.15, 0.2) is 11.5 Å². The summed E-state index contributed by atoms with van der Waals surface area (Å²) in [6.07, 6.45) is 0. The molecule has 0 fully saturated rings. The molecule has 0 radical (unpaired) electrons. The minimum atomic E-state index is -0.592. The van der Waals surface area contributed by atoms with Crippen LogP contribution in [0, 0.1) is 5.82 Å². The molecule has 0 aromatic heterocycles. The average molecular weight is 323 g/mol. The lowest BCUT2D eigenvalue weighted by atomic mass is 10.2. The van der Waals surface area contributed by atoms with E-state index >= 15 is 0 Å². The van der Waals surface area contributed by atoms with Gasteiger partial charge in [-0.1, -0.05) is 17.7 Å². The minimum Gasteiger partial charge on any atom is -0.454 e. The summed E-state index contributed by atoms with van der Waals surface area (Å²) in [5.41, 5.74) is 0.906. The molecule has 0 atom stereocenters. The number of rotatable bonds is 3. The van der Waals surface area contributed by atoms with E-state index in [1.807, 2.05) is 6.07 Å². The molecular formula is C15H12ClFN2O3. The molecule has 5 nitrogen and oxygen atoms in total. The lowest BCUT2D eigenvalue weighted by Gasteiger charge is -2.09. The molecule has 2 amide bonds. The van der Waals surface area contributed by atoms with E-state index in [0.717, 1.165) is 11.6 Å². The average Bonchev–Trinajstić information content (AvgIpc) is 2.95. The second-order valence-corrected chi connectivity index (χ2v) is 5.06. The van der Waals surface area contributed by atoms with Crippen LogP contribution in [0.25, 0.3) is 0 Å². The number of hydrogen-bond donors (Lipinski definition) is 2. The number of nitrogens with one attached hydrogen (secondary N) is 2. The fourth-order valence-electron chi connectivity index (χ4n) is 1.99. The first-order valence-corrected chi connectivity index (χ1v) is 6.88. The Labute approximate surface area is 131 Å². The summed E-state index contributed by atoms with van der Waals surface area (Å²) in [5, 5.41) is 5.32. The number of benzene rings is 2. The van der Waals surface area contributed by atoms with Gasteiger partial charge in [-0.05, 0) is 35.9 Å². The van der Waals surface area contributed by atoms with Crippen molar-refractivity contribution in [1.82, 2.24) is 5.32 Å². The van der Waals surface area contributed by atoms with Crippen molar-refractivity contribution in [1.29, 1.82) is 0 Å². The molecule has 2 aromatic carbocycles. The topological polar surface area (TPSA) is 59.6 Å². The largest absolute Gasteiger partial charge is 0.454 e. The Morgan fingerprint density at radius 2 is 2.00 bits per heavy atom. The molecule has 1 aliphatic rings. The van der Waals surface area contributed by atoms with Crippen LogP contribution in [0.15, 0.2) is 36.4 Å². The van der Waals surface area contributed by atoms with E-state index in [1.54, 1.807) is 12.1 Å². The second kappa shape index (κ2) is 6.11. The van der Waals surface area contributed by atoms with Gasteiger partial charge in [-0.3, -0.25) is 0 Å². The van der Waals surface area contributed by atoms with Gasteiger partial charge in [0.05, 0.1) is 5.69 Å². The lowest BCUT2D eigenvalue weighted by Crippen LogP contribution is -2.28. The Balaban J connectivity index is 1.58. The van der Waals surface area contributed by atoms with E-state index in [9.17, 15) is 9.18 Å². The molecule has 0 saturated carbocycles. The number of carbonyl (C=O) groups is 1. The Kier molecular flexibility index (Phi) is 4.02. The van der Waals surface area contributed by atoms with Gasteiger partial charge in [0, 0.05) is 11.6 Å². The van der Waals surface area contributed by atoms with Gasteiger partial charge in [0.25, 0.3) is 0 Å². The highest BCUT2D eigenvalue weighted by molar-refractivity contribution is 6.30. The third-order valence-corrected chi connectivity index (χ3v) is 3.30. The van der Waals surface area contributed by atoms with Crippen molar-refractivity contribution in [3.8, 4) is 11.5 Å². The van der Waals surface area contributed by atoms with Gasteiger partial charge in [0.1, 0.15) is 5.82 Å². The molecule has 2 aromatic rings. The summed E-state index contributed by atoms with van der Waals surface area (Å²) in [7, 11) is 0. The third-order valence-electron chi connectivity index (χ3n) is 3.07. The first-order valence-electron chi connectivity index (χ1n) is 6.50. The second-order valence-electron chi connectivity index (χ2n) is 4.62. The normalized spacial score (nSPS) is 12.1. The van der Waals surface area contributed by atoms with Crippen molar-refractivity contribution in [3.05, 3.63) is 52.8 Å². The maximum atomic E-state index is 13.6. The van der Waals surface area contributed by atoms with Gasteiger partial charge >= 0.3 is 6.03 Å². The Bertz CT molecular complexity index is 724. The van der Waals surface area contributed by atoms with Crippen LogP contribution in [0.1, 0.15) is 5.56 Å². The quantitative estimate of drug-likeness (QED) is 0.909. The molecule has 0 unspecified atom stereocenters. The summed E-state index contributed by atoms with van der Waals surface area (Å²) in [4.78, 5) is 11.8. The first-order chi connectivity index (χ1) is 10.6. The Hall–Kier alpha value is -2.47. The van der Waals surface area contributed by atoms with Gasteiger partial charge in [-0.2, -0.15) is 0 Å². The molecule has 114 valence electrons. The summed E-state index contributed by atoms with van der Waals surface area (Å²) in [6.45, 7) is 0.472. The molecular weight excluding hydrogens is 311 g/mol. The molecule has 3 rings (SSSR count). The molecule has 0 spiro atoms. The summed E-state index contributed by atoms with van der Waals surface area (Å²) in [6, 6.07) is 8.89. The van der Waals surface area contributed by atoms with Gasteiger partial charge in [-0.15, -0.1) is 0 Å². The zero-order chi connectivity index (χ0) is 15.5. The highest BCUT2D eigenvalue weighted by Gasteiger charge is 2.13. The minimum absolute atomic E-state index is 0.0626. The van der Waals surface area contributed by atoms with Crippen LogP contribution in [-0.4, -0.2) is 12.8 Å². The summed E-state index contributed by atoms with van der Waals surface area (Å²) < 4.78 is 24.0. The van der Waals surface area contributed by atoms with Crippen molar-refractivity contribution in [2.75, 3.05) is 12.1 Å². The molecule has 7 heteroatoms. The molecule has 2 N–H and O–H groups in total. The van der Waals surface area contributed by atoms with E-state index in [4.69, 9.17) is 21.1 Å². The Morgan fingerprint density at radius 1 is 1.18 bits per heavy atom. The van der Waals surface area contributed by atoms with E-state index < -0.39 is 11.8 Å². The smallest absolute Gasteiger partial charge is 0.319 e. The highest BCUT2D eigenvalue weighted by atomic mass is 35.5. The number of urea groups is 1. The third kappa shape index (κ3) is 3.23. The maximum Gasteiger partial charge on any atom is 0.319 e. The van der Waals surface area contributed by atoms with Crippen molar-refractivity contribution < 1.29 is 18.7 Å². The molecule has 1 heterocycles. The fourth-order valence-corrected chi connectivity index (χ4v) is 2.15. The van der Waals surface area contributed by atoms with Crippen molar-refractivity contribution in [2.45, 2.75) is 6.54 Å². The van der Waals surface area contributed by atoms with Crippen molar-refractivity contribution in [2.24, 2.45) is 0 Å². The van der Waals surface area contributed by atoms with Crippen LogP contribution in [0.4, 0.5) is 14.9 Å². The van der Waals surface area contributed by atoms with E-state index in [0.29, 0.717) is 11.5 Å². The molecule has 0 aliphatic carbocycles. The SMILES string of the molecule is O=C(NCc1ccc2c(c1)OCO2)Nc1ccc(Cl)cc1F. The summed E-state index contributed by atoms with van der Waals surface area (Å²) >= 11 is 5.65. The van der Waals surface area contributed by atoms with Crippen LogP contribution in [0.2, 0.25) is 5.02 Å². The fraction of sp³-hybridized carbons (Fsp3) is 0.133. The number of hydrogen-bond acceptors (Lipinski definition) is 3. The van der Waals surface area contributed by atoms with Gasteiger partial charge in [-0.25, -0.2) is 9.18 Å². The zero-order valence-electron chi connectivity index (χ0n) is 11.4. The molecule has 0 saturated heterocycles. The lowest BCUT2D eigenvalue weighted by molar-refractivity contribution is 0.174. The number of carbonyl (C=O) groups excluding carboxylic acids is 1. The predicted octanol–water partition coefficient (Wildman–Crippen LogP) is 3.53. The van der Waals surface area contributed by atoms with Crippen LogP contribution in [0.5, 0.6) is 11.5 Å². The van der Waals surface area contributed by atoms with Crippen LogP contribution in [0.3, 0.4) is 0 Å². The van der Waals surface area contributed by atoms with Gasteiger partial charge < -0.3 is 20.1 Å². The number of amides is 2. The number of fused-ring (bicyclic) bond motifs is 1. The number of halogens is 2. The van der Waals surface area contributed by atoms with Crippen LogP contribution >= 0.6 is 11.6 Å². The van der Waals surface area contributed by atoms with E-state index in [2.05, 4.69) is 10.6 Å². The van der Waals surface area contributed by atoms with Gasteiger partial charge in [0.2, 0.25) is 6.79 Å². The van der Waals surface area contributed by atoms with Crippen LogP contribution in [-0.2, 0) is 6.54 Å². The zero-order valence-corrected chi connectivity index (χ0v) is 12.1. The first kappa shape index (κ1) is 14.5. The van der Waals surface area contributed by atoms with Crippen LogP contribution < -0.4 is 20.1 Å². The molecule has 1 aliphatic heterocycles. The molecule has 22 heavy (non-hydrogen) atoms. The maximum absolute atomic E-state index is 13.6. The number of ether oxygens (including phenoxy) is 2. The Morgan fingerprint density at radius 3 is 2.82 bits per heavy atom.